The number of aromatic hydroxyl groups is 1. The fraction of sp³-hybridized carbons (Fsp3) is 0.562. The summed E-state index contributed by atoms with van der Waals surface area (Å²) in [6.07, 6.45) is 0.855. The molecule has 0 saturated carbocycles. The number of ether oxygens (including phenoxy) is 1. The summed E-state index contributed by atoms with van der Waals surface area (Å²) >= 11 is 0. The first kappa shape index (κ1) is 16.3. The Kier molecular flexibility index (Phi) is 4.69. The lowest BCUT2D eigenvalue weighted by Gasteiger charge is -2.33. The Morgan fingerprint density at radius 1 is 1.25 bits per heavy atom. The number of phenols is 1. The fourth-order valence-corrected chi connectivity index (χ4v) is 2.58. The van der Waals surface area contributed by atoms with Crippen LogP contribution in [0.1, 0.15) is 51.4 Å². The van der Waals surface area contributed by atoms with Crippen LogP contribution in [0.25, 0.3) is 0 Å². The minimum Gasteiger partial charge on any atom is -0.504 e. The number of methoxy groups -OCH3 is 1. The van der Waals surface area contributed by atoms with Crippen LogP contribution in [0.2, 0.25) is 0 Å². The van der Waals surface area contributed by atoms with Crippen molar-refractivity contribution in [2.45, 2.75) is 46.6 Å². The van der Waals surface area contributed by atoms with Gasteiger partial charge in [-0.3, -0.25) is 4.79 Å². The van der Waals surface area contributed by atoms with Gasteiger partial charge >= 0.3 is 0 Å². The zero-order chi connectivity index (χ0) is 15.6. The molecule has 1 aromatic carbocycles. The number of phenolic OH excluding ortho intramolecular Hbond substituents is 1. The van der Waals surface area contributed by atoms with E-state index in [4.69, 9.17) is 4.74 Å². The van der Waals surface area contributed by atoms with E-state index in [1.54, 1.807) is 12.1 Å². The molecule has 1 aromatic rings. The summed E-state index contributed by atoms with van der Waals surface area (Å²) in [6.45, 7) is 10.4. The third kappa shape index (κ3) is 4.76. The molecule has 0 aliphatic carbocycles. The normalized spacial score (nSPS) is 12.1. The van der Waals surface area contributed by atoms with Crippen LogP contribution >= 0.6 is 0 Å². The molecule has 1 rings (SSSR count). The van der Waals surface area contributed by atoms with Crippen molar-refractivity contribution in [3.8, 4) is 11.5 Å². The molecule has 0 spiro atoms. The van der Waals surface area contributed by atoms with Gasteiger partial charge in [0.25, 0.3) is 5.91 Å². The van der Waals surface area contributed by atoms with Gasteiger partial charge in [0.15, 0.2) is 11.5 Å². The zero-order valence-corrected chi connectivity index (χ0v) is 13.2. The van der Waals surface area contributed by atoms with Gasteiger partial charge in [-0.1, -0.05) is 20.8 Å². The molecule has 0 unspecified atom stereocenters. The van der Waals surface area contributed by atoms with Crippen LogP contribution in [-0.2, 0) is 0 Å². The third-order valence-electron chi connectivity index (χ3n) is 2.87. The van der Waals surface area contributed by atoms with E-state index in [1.165, 1.54) is 13.2 Å². The standard InChI is InChI=1S/C16H25NO3/c1-15(2,3)10-16(4,5)17-14(19)11-7-8-13(20-6)12(18)9-11/h7-9,18H,10H2,1-6H3,(H,17,19). The number of benzene rings is 1. The summed E-state index contributed by atoms with van der Waals surface area (Å²) < 4.78 is 4.96. The topological polar surface area (TPSA) is 58.6 Å². The van der Waals surface area contributed by atoms with Crippen LogP contribution in [0.3, 0.4) is 0 Å². The molecule has 0 saturated heterocycles. The minimum atomic E-state index is -0.315. The lowest BCUT2D eigenvalue weighted by atomic mass is 9.81. The predicted octanol–water partition coefficient (Wildman–Crippen LogP) is 3.35. The van der Waals surface area contributed by atoms with E-state index in [0.717, 1.165) is 6.42 Å². The Morgan fingerprint density at radius 3 is 2.30 bits per heavy atom. The van der Waals surface area contributed by atoms with E-state index >= 15 is 0 Å². The summed E-state index contributed by atoms with van der Waals surface area (Å²) in [6, 6.07) is 4.64. The van der Waals surface area contributed by atoms with Gasteiger partial charge in [-0.25, -0.2) is 0 Å². The maximum Gasteiger partial charge on any atom is 0.251 e. The quantitative estimate of drug-likeness (QED) is 0.888. The maximum atomic E-state index is 12.2. The Morgan fingerprint density at radius 2 is 1.85 bits per heavy atom. The summed E-state index contributed by atoms with van der Waals surface area (Å²) in [5.41, 5.74) is 0.231. The summed E-state index contributed by atoms with van der Waals surface area (Å²) in [4.78, 5) is 12.2. The average Bonchev–Trinajstić information content (AvgIpc) is 2.24. The van der Waals surface area contributed by atoms with Gasteiger partial charge in [-0.2, -0.15) is 0 Å². The number of carbonyl (C=O) groups excluding carboxylic acids is 1. The van der Waals surface area contributed by atoms with E-state index in [-0.39, 0.29) is 22.6 Å². The first-order valence-corrected chi connectivity index (χ1v) is 6.74. The lowest BCUT2D eigenvalue weighted by molar-refractivity contribution is 0.0891. The molecule has 0 fully saturated rings. The SMILES string of the molecule is COc1ccc(C(=O)NC(C)(C)CC(C)(C)C)cc1O. The van der Waals surface area contributed by atoms with Gasteiger partial charge in [0.1, 0.15) is 0 Å². The van der Waals surface area contributed by atoms with Crippen molar-refractivity contribution in [3.05, 3.63) is 23.8 Å². The van der Waals surface area contributed by atoms with Crippen molar-refractivity contribution in [2.24, 2.45) is 5.41 Å². The molecule has 0 heterocycles. The molecule has 112 valence electrons. The van der Waals surface area contributed by atoms with Crippen molar-refractivity contribution in [1.29, 1.82) is 0 Å². The van der Waals surface area contributed by atoms with Gasteiger partial charge < -0.3 is 15.2 Å². The van der Waals surface area contributed by atoms with Crippen LogP contribution in [-0.4, -0.2) is 23.7 Å². The highest BCUT2D eigenvalue weighted by Crippen LogP contribution is 2.28. The smallest absolute Gasteiger partial charge is 0.251 e. The minimum absolute atomic E-state index is 0.0335. The summed E-state index contributed by atoms with van der Waals surface area (Å²) in [5, 5.41) is 12.7. The molecule has 4 heteroatoms. The van der Waals surface area contributed by atoms with Crippen LogP contribution in [0.4, 0.5) is 0 Å². The average molecular weight is 279 g/mol. The van der Waals surface area contributed by atoms with Gasteiger partial charge in [0.05, 0.1) is 7.11 Å². The van der Waals surface area contributed by atoms with E-state index in [1.807, 2.05) is 13.8 Å². The van der Waals surface area contributed by atoms with Crippen LogP contribution in [0, 0.1) is 5.41 Å². The Hall–Kier alpha value is -1.71. The van der Waals surface area contributed by atoms with Crippen LogP contribution in [0.5, 0.6) is 11.5 Å². The van der Waals surface area contributed by atoms with Crippen molar-refractivity contribution in [2.75, 3.05) is 7.11 Å². The van der Waals surface area contributed by atoms with E-state index < -0.39 is 0 Å². The Labute approximate surface area is 121 Å². The first-order chi connectivity index (χ1) is 9.04. The summed E-state index contributed by atoms with van der Waals surface area (Å²) in [7, 11) is 1.47. The van der Waals surface area contributed by atoms with Gasteiger partial charge in [-0.05, 0) is 43.9 Å². The molecule has 1 amide bonds. The second-order valence-corrected chi connectivity index (χ2v) is 6.96. The monoisotopic (exact) mass is 279 g/mol. The molecule has 0 bridgehead atoms. The van der Waals surface area contributed by atoms with E-state index in [9.17, 15) is 9.90 Å². The number of carbonyl (C=O) groups is 1. The first-order valence-electron chi connectivity index (χ1n) is 6.74. The van der Waals surface area contributed by atoms with Crippen molar-refractivity contribution >= 4 is 5.91 Å². The Bertz CT molecular complexity index is 487. The molecule has 2 N–H and O–H groups in total. The predicted molar refractivity (Wildman–Crippen MR) is 80.3 cm³/mol. The molecule has 4 nitrogen and oxygen atoms in total. The summed E-state index contributed by atoms with van der Waals surface area (Å²) in [5.74, 6) is 0.126. The number of amides is 1. The maximum absolute atomic E-state index is 12.2. The third-order valence-corrected chi connectivity index (χ3v) is 2.87. The molecule has 20 heavy (non-hydrogen) atoms. The second-order valence-electron chi connectivity index (χ2n) is 6.96. The number of rotatable bonds is 4. The number of hydrogen-bond acceptors (Lipinski definition) is 3. The number of hydrogen-bond donors (Lipinski definition) is 2. The van der Waals surface area contributed by atoms with E-state index in [2.05, 4.69) is 26.1 Å². The number of nitrogens with one attached hydrogen (secondary N) is 1. The molecule has 0 aliphatic rings. The van der Waals surface area contributed by atoms with Crippen LogP contribution < -0.4 is 10.1 Å². The van der Waals surface area contributed by atoms with E-state index in [0.29, 0.717) is 11.3 Å². The molecule has 0 aliphatic heterocycles. The van der Waals surface area contributed by atoms with Gasteiger partial charge in [0.2, 0.25) is 0 Å². The highest BCUT2D eigenvalue weighted by Gasteiger charge is 2.27. The fourth-order valence-electron chi connectivity index (χ4n) is 2.58. The Balaban J connectivity index is 2.83. The highest BCUT2D eigenvalue weighted by molar-refractivity contribution is 5.95. The lowest BCUT2D eigenvalue weighted by Crippen LogP contribution is -2.45. The van der Waals surface area contributed by atoms with Crippen molar-refractivity contribution in [1.82, 2.24) is 5.32 Å². The second kappa shape index (κ2) is 5.73. The van der Waals surface area contributed by atoms with Gasteiger partial charge in [0, 0.05) is 11.1 Å². The van der Waals surface area contributed by atoms with Crippen LogP contribution in [0.15, 0.2) is 18.2 Å². The van der Waals surface area contributed by atoms with Gasteiger partial charge in [-0.15, -0.1) is 0 Å². The molecular weight excluding hydrogens is 254 g/mol. The molecule has 0 radical (unpaired) electrons. The molecule has 0 atom stereocenters. The van der Waals surface area contributed by atoms with Crippen molar-refractivity contribution < 1.29 is 14.6 Å². The largest absolute Gasteiger partial charge is 0.504 e. The highest BCUT2D eigenvalue weighted by atomic mass is 16.5. The molecular formula is C16H25NO3. The molecule has 0 aromatic heterocycles. The zero-order valence-electron chi connectivity index (χ0n) is 13.2. The van der Waals surface area contributed by atoms with Crippen molar-refractivity contribution in [3.63, 3.8) is 0 Å².